The number of hydrogen-bond acceptors (Lipinski definition) is 1. The molecule has 4 heteroatoms. The highest BCUT2D eigenvalue weighted by molar-refractivity contribution is 5.26. The van der Waals surface area contributed by atoms with E-state index in [-0.39, 0.29) is 5.69 Å². The maximum atomic E-state index is 12.3. The van der Waals surface area contributed by atoms with Crippen molar-refractivity contribution in [3.63, 3.8) is 0 Å². The van der Waals surface area contributed by atoms with E-state index < -0.39 is 11.7 Å². The maximum Gasteiger partial charge on any atom is 0.418 e. The highest BCUT2D eigenvalue weighted by Crippen LogP contribution is 2.31. The van der Waals surface area contributed by atoms with E-state index in [1.54, 1.807) is 6.92 Å². The Bertz CT molecular complexity index is 304. The Kier molecular flexibility index (Phi) is 2.59. The van der Waals surface area contributed by atoms with Gasteiger partial charge in [0.2, 0.25) is 0 Å². The molecule has 0 bridgehead atoms. The van der Waals surface area contributed by atoms with E-state index >= 15 is 0 Å². The molecule has 0 saturated heterocycles. The Labute approximate surface area is 74.6 Å². The lowest BCUT2D eigenvalue weighted by molar-refractivity contribution is -0.138. The molecule has 1 nitrogen and oxygen atoms in total. The van der Waals surface area contributed by atoms with Gasteiger partial charge < -0.3 is 0 Å². The topological polar surface area (TPSA) is 12.9 Å². The lowest BCUT2D eigenvalue weighted by Gasteiger charge is -2.10. The van der Waals surface area contributed by atoms with Gasteiger partial charge in [-0.05, 0) is 25.0 Å². The Hall–Kier alpha value is -1.06. The van der Waals surface area contributed by atoms with Crippen molar-refractivity contribution in [2.45, 2.75) is 26.4 Å². The predicted molar refractivity (Wildman–Crippen MR) is 43.4 cm³/mol. The fourth-order valence-corrected chi connectivity index (χ4v) is 1.06. The van der Waals surface area contributed by atoms with E-state index in [1.165, 1.54) is 13.1 Å². The molecule has 1 aromatic rings. The molecule has 0 spiro atoms. The second-order valence-electron chi connectivity index (χ2n) is 2.83. The number of pyridine rings is 1. The van der Waals surface area contributed by atoms with Crippen molar-refractivity contribution in [2.75, 3.05) is 0 Å². The van der Waals surface area contributed by atoms with Crippen molar-refractivity contribution < 1.29 is 13.2 Å². The summed E-state index contributed by atoms with van der Waals surface area (Å²) in [6.07, 6.45) is -2.25. The van der Waals surface area contributed by atoms with E-state index in [1.807, 2.05) is 0 Å². The summed E-state index contributed by atoms with van der Waals surface area (Å²) >= 11 is 0. The molecule has 0 amide bonds. The van der Waals surface area contributed by atoms with Gasteiger partial charge in [-0.15, -0.1) is 0 Å². The third-order valence-corrected chi connectivity index (χ3v) is 1.86. The largest absolute Gasteiger partial charge is 0.418 e. The fourth-order valence-electron chi connectivity index (χ4n) is 1.06. The van der Waals surface area contributed by atoms with Gasteiger partial charge in [-0.2, -0.15) is 13.2 Å². The van der Waals surface area contributed by atoms with Gasteiger partial charge in [0.05, 0.1) is 5.56 Å². The first-order valence-corrected chi connectivity index (χ1v) is 3.98. The molecule has 72 valence electrons. The summed E-state index contributed by atoms with van der Waals surface area (Å²) in [4.78, 5) is 3.70. The predicted octanol–water partition coefficient (Wildman–Crippen LogP) is 2.97. The van der Waals surface area contributed by atoms with Crippen molar-refractivity contribution >= 4 is 0 Å². The minimum atomic E-state index is -4.29. The number of rotatable bonds is 1. The molecule has 1 aromatic heterocycles. The number of nitrogens with zero attached hydrogens (tertiary/aromatic N) is 1. The first-order chi connectivity index (χ1) is 5.95. The minimum Gasteiger partial charge on any atom is -0.261 e. The van der Waals surface area contributed by atoms with Crippen molar-refractivity contribution in [1.82, 2.24) is 4.98 Å². The fraction of sp³-hybridized carbons (Fsp3) is 0.444. The van der Waals surface area contributed by atoms with Crippen LogP contribution in [0.15, 0.2) is 12.3 Å². The summed E-state index contributed by atoms with van der Waals surface area (Å²) < 4.78 is 37.0. The van der Waals surface area contributed by atoms with Crippen molar-refractivity contribution in [2.24, 2.45) is 0 Å². The molecule has 1 rings (SSSR count). The zero-order chi connectivity index (χ0) is 10.1. The second kappa shape index (κ2) is 3.36. The van der Waals surface area contributed by atoms with Crippen LogP contribution in [0.25, 0.3) is 0 Å². The summed E-state index contributed by atoms with van der Waals surface area (Å²) in [7, 11) is 0. The van der Waals surface area contributed by atoms with Crippen LogP contribution in [0.2, 0.25) is 0 Å². The van der Waals surface area contributed by atoms with Gasteiger partial charge in [0.1, 0.15) is 0 Å². The minimum absolute atomic E-state index is 0.0321. The Morgan fingerprint density at radius 2 is 2.00 bits per heavy atom. The van der Waals surface area contributed by atoms with Crippen LogP contribution in [0.4, 0.5) is 13.2 Å². The normalized spacial score (nSPS) is 11.8. The average molecular weight is 189 g/mol. The van der Waals surface area contributed by atoms with Crippen LogP contribution in [0.3, 0.4) is 0 Å². The molecule has 0 aliphatic heterocycles. The first kappa shape index (κ1) is 10.0. The molecule has 0 aliphatic carbocycles. The van der Waals surface area contributed by atoms with Crippen molar-refractivity contribution in [3.8, 4) is 0 Å². The summed E-state index contributed by atoms with van der Waals surface area (Å²) in [5, 5.41) is 0. The number of halogens is 3. The quantitative estimate of drug-likeness (QED) is 0.661. The van der Waals surface area contributed by atoms with E-state index in [2.05, 4.69) is 4.98 Å². The molecule has 0 radical (unpaired) electrons. The van der Waals surface area contributed by atoms with Crippen LogP contribution in [-0.2, 0) is 12.6 Å². The molecule has 0 aliphatic rings. The molecule has 0 atom stereocenters. The molecule has 1 heterocycles. The summed E-state index contributed by atoms with van der Waals surface area (Å²) in [6, 6.07) is 1.16. The molecule has 0 saturated carbocycles. The SMILES string of the molecule is CCc1cnc(C)c(C(F)(F)F)c1. The summed E-state index contributed by atoms with van der Waals surface area (Å²) in [6.45, 7) is 3.16. The first-order valence-electron chi connectivity index (χ1n) is 3.98. The molecular formula is C9H10F3N. The van der Waals surface area contributed by atoms with E-state index in [0.29, 0.717) is 12.0 Å². The van der Waals surface area contributed by atoms with E-state index in [0.717, 1.165) is 6.07 Å². The second-order valence-corrected chi connectivity index (χ2v) is 2.83. The molecule has 0 unspecified atom stereocenters. The van der Waals surface area contributed by atoms with Crippen molar-refractivity contribution in [3.05, 3.63) is 29.1 Å². The lowest BCUT2D eigenvalue weighted by atomic mass is 10.1. The maximum absolute atomic E-state index is 12.3. The van der Waals surface area contributed by atoms with Gasteiger partial charge in [0, 0.05) is 11.9 Å². The van der Waals surface area contributed by atoms with E-state index in [4.69, 9.17) is 0 Å². The highest BCUT2D eigenvalue weighted by Gasteiger charge is 2.32. The molecular weight excluding hydrogens is 179 g/mol. The van der Waals surface area contributed by atoms with Crippen LogP contribution < -0.4 is 0 Å². The number of aryl methyl sites for hydroxylation is 2. The zero-order valence-electron chi connectivity index (χ0n) is 7.44. The third kappa shape index (κ3) is 2.20. The standard InChI is InChI=1S/C9H10F3N/c1-3-7-4-8(9(10,11)12)6(2)13-5-7/h4-5H,3H2,1-2H3. The van der Waals surface area contributed by atoms with Gasteiger partial charge in [0.15, 0.2) is 0 Å². The lowest BCUT2D eigenvalue weighted by Crippen LogP contribution is -2.09. The van der Waals surface area contributed by atoms with Gasteiger partial charge in [-0.1, -0.05) is 6.92 Å². The summed E-state index contributed by atoms with van der Waals surface area (Å²) in [5.41, 5.74) is 0.00877. The number of alkyl halides is 3. The van der Waals surface area contributed by atoms with Crippen molar-refractivity contribution in [1.29, 1.82) is 0 Å². The molecule has 0 fully saturated rings. The number of hydrogen-bond donors (Lipinski definition) is 0. The molecule has 0 aromatic carbocycles. The average Bonchev–Trinajstić information content (AvgIpc) is 2.03. The summed E-state index contributed by atoms with van der Waals surface area (Å²) in [5.74, 6) is 0. The van der Waals surface area contributed by atoms with Gasteiger partial charge in [-0.25, -0.2) is 0 Å². The van der Waals surface area contributed by atoms with Crippen LogP contribution in [-0.4, -0.2) is 4.98 Å². The Morgan fingerprint density at radius 3 is 2.46 bits per heavy atom. The zero-order valence-corrected chi connectivity index (χ0v) is 7.44. The van der Waals surface area contributed by atoms with Gasteiger partial charge in [0.25, 0.3) is 0 Å². The van der Waals surface area contributed by atoms with Crippen LogP contribution in [0.1, 0.15) is 23.7 Å². The molecule has 13 heavy (non-hydrogen) atoms. The Balaban J connectivity index is 3.19. The third-order valence-electron chi connectivity index (χ3n) is 1.86. The van der Waals surface area contributed by atoms with Crippen LogP contribution >= 0.6 is 0 Å². The Morgan fingerprint density at radius 1 is 1.38 bits per heavy atom. The monoisotopic (exact) mass is 189 g/mol. The highest BCUT2D eigenvalue weighted by atomic mass is 19.4. The van der Waals surface area contributed by atoms with Gasteiger partial charge >= 0.3 is 6.18 Å². The van der Waals surface area contributed by atoms with Crippen LogP contribution in [0, 0.1) is 6.92 Å². The van der Waals surface area contributed by atoms with Crippen LogP contribution in [0.5, 0.6) is 0 Å². The van der Waals surface area contributed by atoms with E-state index in [9.17, 15) is 13.2 Å². The molecule has 0 N–H and O–H groups in total. The number of aromatic nitrogens is 1. The smallest absolute Gasteiger partial charge is 0.261 e. The van der Waals surface area contributed by atoms with Gasteiger partial charge in [-0.3, -0.25) is 4.98 Å².